The normalized spacial score (nSPS) is 23.8. The number of benzene rings is 5. The van der Waals surface area contributed by atoms with Gasteiger partial charge in [0, 0.05) is 60.2 Å². The number of aliphatic carboxylic acids is 3. The van der Waals surface area contributed by atoms with E-state index in [9.17, 15) is 102 Å². The molecule has 7 rings (SSSR count). The van der Waals surface area contributed by atoms with Crippen molar-refractivity contribution in [2.75, 3.05) is 30.9 Å². The molecule has 718 valence electrons. The van der Waals surface area contributed by atoms with E-state index in [0.29, 0.717) is 38.6 Å². The lowest BCUT2D eigenvalue weighted by molar-refractivity contribution is -0.142. The molecule has 24 N–H and O–H groups in total. The second kappa shape index (κ2) is 51.4. The van der Waals surface area contributed by atoms with Crippen LogP contribution < -0.4 is 96.5 Å². The number of rotatable bonds is 22. The third kappa shape index (κ3) is 34.7. The minimum atomic E-state index is -2.08. The van der Waals surface area contributed by atoms with Crippen molar-refractivity contribution in [1.29, 1.82) is 0 Å². The summed E-state index contributed by atoms with van der Waals surface area (Å²) in [6, 6.07) is 4.28. The zero-order valence-electron chi connectivity index (χ0n) is 74.3. The Kier molecular flexibility index (Phi) is 41.2. The van der Waals surface area contributed by atoms with Crippen molar-refractivity contribution in [1.82, 2.24) is 85.1 Å². The number of nitrogens with one attached hydrogen (secondary N) is 16. The summed E-state index contributed by atoms with van der Waals surface area (Å²) in [7, 11) is 1.48. The lowest BCUT2D eigenvalue weighted by atomic mass is 9.85. The molecule has 2 heterocycles. The van der Waals surface area contributed by atoms with Crippen molar-refractivity contribution < 1.29 is 116 Å². The van der Waals surface area contributed by atoms with Gasteiger partial charge >= 0.3 is 17.9 Å². The Bertz CT molecular complexity index is 5100. The molecule has 0 unspecified atom stereocenters. The summed E-state index contributed by atoms with van der Waals surface area (Å²) in [6.07, 6.45) is -6.32. The van der Waals surface area contributed by atoms with E-state index in [1.54, 1.807) is 91.0 Å². The molecule has 0 saturated carbocycles. The van der Waals surface area contributed by atoms with Crippen molar-refractivity contribution in [2.45, 2.75) is 214 Å². The highest BCUT2D eigenvalue weighted by molar-refractivity contribution is 7.99. The molecule has 5 aromatic carbocycles. The molecule has 4 bridgehead atoms. The van der Waals surface area contributed by atoms with E-state index in [2.05, 4.69) is 85.1 Å². The van der Waals surface area contributed by atoms with Gasteiger partial charge in [-0.3, -0.25) is 95.9 Å². The van der Waals surface area contributed by atoms with Crippen LogP contribution in [0.3, 0.4) is 0 Å². The first-order valence-corrected chi connectivity index (χ1v) is 45.9. The first-order chi connectivity index (χ1) is 62.9. The first-order valence-electron chi connectivity index (χ1n) is 42.4. The highest BCUT2D eigenvalue weighted by atomic mass is 32.2. The fourth-order valence-corrected chi connectivity index (χ4v) is 16.9. The maximum absolute atomic E-state index is 15.2. The number of carbonyl (C=O) groups is 20. The summed E-state index contributed by atoms with van der Waals surface area (Å²) >= 11 is 3.14. The molecular weight excluding hydrogens is 1790 g/mol. The predicted octanol–water partition coefficient (Wildman–Crippen LogP) is -2.82. The van der Waals surface area contributed by atoms with Crippen LogP contribution in [-0.4, -0.2) is 260 Å². The number of hydrogen-bond acceptors (Lipinski definition) is 25. The third-order valence-corrected chi connectivity index (χ3v) is 24.3. The van der Waals surface area contributed by atoms with Crippen LogP contribution in [0.1, 0.15) is 120 Å². The number of carboxylic acids is 3. The van der Waals surface area contributed by atoms with E-state index in [-0.39, 0.29) is 59.5 Å². The minimum absolute atomic E-state index is 0.00574. The molecule has 0 saturated heterocycles. The van der Waals surface area contributed by atoms with Gasteiger partial charge < -0.3 is 117 Å². The quantitative estimate of drug-likeness (QED) is 0.0332. The lowest BCUT2D eigenvalue weighted by Crippen LogP contribution is -2.62. The van der Waals surface area contributed by atoms with Gasteiger partial charge in [-0.05, 0) is 102 Å². The van der Waals surface area contributed by atoms with Crippen LogP contribution in [0.4, 0.5) is 0 Å². The molecule has 0 fully saturated rings. The minimum Gasteiger partial charge on any atom is -0.508 e. The van der Waals surface area contributed by atoms with Crippen LogP contribution in [0.5, 0.6) is 5.75 Å². The SMILES string of the molecule is CC[C@@H]1NC(=O)[C@H]2CSCc3cc(cc(c3)CSC[C@H](NC(=O)[C@H](C)NC(=O)CNC)C(=O)N[C@H](C)C(=O)N[C@@H](CC(N)=O)C(=O)N[C@@H](CCC(=O)O)C(=O)N[C@@H](Cc3cccc4ccccc34)C(=O)N[C@H](C)C(=O)N2)CSC[C@@H](C(N)=O)NC(=O)[C@H](C(C)(C)C)NC(=O)[C@H](CC(=O)O)NC(=O)[C@H](Cc2ccc(O)cc2)NC(=O)[C@H](Cc2ccccc2)NC(=O)[C@H](CC(=O)O)NC1=O. The molecule has 0 spiro atoms. The molecule has 2 aliphatic heterocycles. The average molecular weight is 1900 g/mol. The summed E-state index contributed by atoms with van der Waals surface area (Å²) < 4.78 is 0. The number of carboxylic acid groups (broad SMARTS) is 3. The molecule has 0 aromatic heterocycles. The number of thioether (sulfide) groups is 3. The van der Waals surface area contributed by atoms with E-state index in [1.807, 2.05) is 0 Å². The van der Waals surface area contributed by atoms with Crippen molar-refractivity contribution in [3.8, 4) is 5.75 Å². The smallest absolute Gasteiger partial charge is 0.305 e. The predicted molar refractivity (Wildman–Crippen MR) is 489 cm³/mol. The topological polar surface area (TPSA) is 667 Å². The number of amides is 17. The van der Waals surface area contributed by atoms with Gasteiger partial charge in [-0.1, -0.05) is 131 Å². The van der Waals surface area contributed by atoms with E-state index >= 15 is 14.4 Å². The molecule has 17 amide bonds. The number of carbonyl (C=O) groups excluding carboxylic acids is 17. The van der Waals surface area contributed by atoms with Crippen molar-refractivity contribution in [2.24, 2.45) is 16.9 Å². The Balaban J connectivity index is 1.39. The van der Waals surface area contributed by atoms with E-state index in [1.165, 1.54) is 79.8 Å². The van der Waals surface area contributed by atoms with Crippen LogP contribution in [0.25, 0.3) is 10.8 Å². The molecule has 0 aliphatic carbocycles. The molecule has 2 aliphatic rings. The van der Waals surface area contributed by atoms with E-state index in [4.69, 9.17) is 11.5 Å². The Morgan fingerprint density at radius 2 is 0.902 bits per heavy atom. The van der Waals surface area contributed by atoms with Gasteiger partial charge in [-0.2, -0.15) is 35.3 Å². The molecule has 133 heavy (non-hydrogen) atoms. The largest absolute Gasteiger partial charge is 0.508 e. The second-order valence-corrected chi connectivity index (χ2v) is 36.1. The van der Waals surface area contributed by atoms with Crippen LogP contribution in [-0.2, 0) is 132 Å². The molecule has 15 atom stereocenters. The number of primary amides is 2. The summed E-state index contributed by atoms with van der Waals surface area (Å²) in [5, 5.41) is 82.1. The van der Waals surface area contributed by atoms with Gasteiger partial charge in [-0.25, -0.2) is 0 Å². The summed E-state index contributed by atoms with van der Waals surface area (Å²) in [5.74, 6) is -24.7. The molecule has 42 nitrogen and oxygen atoms in total. The van der Waals surface area contributed by atoms with Gasteiger partial charge in [-0.15, -0.1) is 0 Å². The monoisotopic (exact) mass is 1900 g/mol. The zero-order chi connectivity index (χ0) is 98.1. The number of phenolic OH excluding ortho intramolecular Hbond substituents is 1. The van der Waals surface area contributed by atoms with Crippen molar-refractivity contribution in [3.05, 3.63) is 149 Å². The zero-order valence-corrected chi connectivity index (χ0v) is 76.7. The second-order valence-electron chi connectivity index (χ2n) is 33.0. The Morgan fingerprint density at radius 3 is 1.44 bits per heavy atom. The molecule has 0 radical (unpaired) electrons. The van der Waals surface area contributed by atoms with Gasteiger partial charge in [0.25, 0.3) is 0 Å². The van der Waals surface area contributed by atoms with Crippen LogP contribution >= 0.6 is 35.3 Å². The van der Waals surface area contributed by atoms with E-state index < -0.39 is 265 Å². The van der Waals surface area contributed by atoms with Gasteiger partial charge in [0.05, 0.1) is 25.8 Å². The Hall–Kier alpha value is -13.4. The van der Waals surface area contributed by atoms with Gasteiger partial charge in [0.15, 0.2) is 0 Å². The summed E-state index contributed by atoms with van der Waals surface area (Å²) in [6.45, 7) is 9.48. The highest BCUT2D eigenvalue weighted by Gasteiger charge is 2.42. The Labute approximate surface area is 777 Å². The van der Waals surface area contributed by atoms with Gasteiger partial charge in [0.1, 0.15) is 96.4 Å². The third-order valence-electron chi connectivity index (χ3n) is 21.0. The number of aromatic hydroxyl groups is 1. The highest BCUT2D eigenvalue weighted by Crippen LogP contribution is 2.27. The number of likely N-dealkylation sites (N-methyl/N-ethyl adjacent to an activating group) is 1. The number of phenols is 1. The maximum Gasteiger partial charge on any atom is 0.305 e. The van der Waals surface area contributed by atoms with Crippen molar-refractivity contribution in [3.63, 3.8) is 0 Å². The maximum atomic E-state index is 15.2. The summed E-state index contributed by atoms with van der Waals surface area (Å²) in [5.41, 5.74) is 12.9. The number of nitrogens with two attached hydrogens (primary N) is 2. The molecule has 5 aromatic rings. The standard InChI is InChI=1S/C88H114N18O24S3/c1-9-56-77(120)101-62(35-70(112)113)83(126)99-58(31-47-16-11-10-12-17-47)80(123)98-59(32-48-22-24-54(107)25-23-48)81(124)102-63(36-71(114)115)84(127)106-72(88(5,6)7)87(130)103-64(73(90)116)41-131-38-49-28-50-30-51(29-49)40-133-43-66(86(129)95-56)105-76(119)46(4)93-79(122)60(33-53-20-15-19-52-18-13-14-21-55(52)53)100-78(121)57(26-27-69(110)111)96-82(125)61(34-67(89)108)97-75(118)45(3)94-85(128)65(42-132-39-50)104-74(117)44(2)92-68(109)37-91-8/h10-25,28-30,44-46,56-66,72,91,107H,9,26-27,31-43H2,1-8H3,(H2,89,108)(H2,90,116)(H,92,109)(H,93,122)(H,94,128)(H,95,129)(H,96,125)(H,97,118)(H,98,123)(H,99,126)(H,100,121)(H,101,120)(H,102,124)(H,103,130)(H,104,117)(H,105,119)(H,106,127)(H,110,111)(H,112,113)(H,114,115)/t44-,45+,46+,56-,57-,58-,59-,60-,61-,62-,63-,64-,65-,66+,72+/m0/s1. The Morgan fingerprint density at radius 1 is 0.459 bits per heavy atom. The van der Waals surface area contributed by atoms with Crippen LogP contribution in [0.15, 0.2) is 115 Å². The average Bonchev–Trinajstić information content (AvgIpc) is 0.832. The fraction of sp³-hybridized carbons (Fsp3) is 0.455. The number of hydrogen-bond donors (Lipinski definition) is 22. The molecular formula is C88H114N18O24S3. The lowest BCUT2D eigenvalue weighted by Gasteiger charge is -2.33. The van der Waals surface area contributed by atoms with Crippen molar-refractivity contribution >= 4 is 164 Å². The van der Waals surface area contributed by atoms with Crippen LogP contribution in [0.2, 0.25) is 0 Å². The van der Waals surface area contributed by atoms with E-state index in [0.717, 1.165) is 35.3 Å². The van der Waals surface area contributed by atoms with Crippen LogP contribution in [0, 0.1) is 5.41 Å². The fourth-order valence-electron chi connectivity index (χ4n) is 13.9. The number of fused-ring (bicyclic) bond motifs is 6. The first kappa shape index (κ1) is 107. The van der Waals surface area contributed by atoms with Gasteiger partial charge in [0.2, 0.25) is 100 Å². The summed E-state index contributed by atoms with van der Waals surface area (Å²) in [4.78, 5) is 283. The molecule has 45 heteroatoms.